The molecule has 1 aromatic carbocycles. The summed E-state index contributed by atoms with van der Waals surface area (Å²) in [6.07, 6.45) is -0.0666. The molecule has 144 valence electrons. The Morgan fingerprint density at radius 1 is 1.19 bits per heavy atom. The minimum Gasteiger partial charge on any atom is -0.436 e. The zero-order chi connectivity index (χ0) is 19.7. The molecule has 0 radical (unpaired) electrons. The van der Waals surface area contributed by atoms with Gasteiger partial charge in [-0.25, -0.2) is 4.79 Å². The van der Waals surface area contributed by atoms with Gasteiger partial charge in [-0.05, 0) is 43.0 Å². The minimum atomic E-state index is -0.926. The van der Waals surface area contributed by atoms with Crippen LogP contribution in [0.2, 0.25) is 0 Å². The Kier molecular flexibility index (Phi) is 9.34. The molecule has 0 aliphatic rings. The van der Waals surface area contributed by atoms with Crippen molar-refractivity contribution in [2.45, 2.75) is 46.1 Å². The maximum atomic E-state index is 12.6. The van der Waals surface area contributed by atoms with E-state index in [-0.39, 0.29) is 24.2 Å². The lowest BCUT2D eigenvalue weighted by Crippen LogP contribution is -2.42. The number of halogens is 1. The Bertz CT molecular complexity index is 616. The highest BCUT2D eigenvalue weighted by Crippen LogP contribution is 2.16. The first-order valence-electron chi connectivity index (χ1n) is 8.72. The summed E-state index contributed by atoms with van der Waals surface area (Å²) in [5.41, 5.74) is 0.570. The van der Waals surface area contributed by atoms with Gasteiger partial charge in [0, 0.05) is 23.6 Å². The normalized spacial score (nSPS) is 11.8. The molecule has 6 nitrogen and oxygen atoms in total. The number of likely N-dealkylation sites (N-methyl/N-ethyl adjacent to an activating group) is 1. The third kappa shape index (κ3) is 7.99. The molecule has 0 aliphatic heterocycles. The molecule has 0 saturated carbocycles. The van der Waals surface area contributed by atoms with Crippen LogP contribution >= 0.6 is 15.9 Å². The molecule has 1 rings (SSSR count). The van der Waals surface area contributed by atoms with Crippen molar-refractivity contribution < 1.29 is 19.1 Å². The minimum absolute atomic E-state index is 0.00837. The number of rotatable bonds is 9. The van der Waals surface area contributed by atoms with Crippen LogP contribution in [0.5, 0.6) is 0 Å². The molecule has 0 unspecified atom stereocenters. The molecule has 0 bridgehead atoms. The molecule has 26 heavy (non-hydrogen) atoms. The van der Waals surface area contributed by atoms with E-state index in [1.165, 1.54) is 4.90 Å². The number of hydrogen-bond donors (Lipinski definition) is 1. The lowest BCUT2D eigenvalue weighted by atomic mass is 10.0. The van der Waals surface area contributed by atoms with E-state index in [0.29, 0.717) is 18.5 Å². The third-order valence-electron chi connectivity index (χ3n) is 3.62. The number of ketones is 1. The van der Waals surface area contributed by atoms with Crippen LogP contribution in [0.4, 0.5) is 10.5 Å². The van der Waals surface area contributed by atoms with Crippen LogP contribution in [-0.2, 0) is 14.3 Å². The summed E-state index contributed by atoms with van der Waals surface area (Å²) in [6.45, 7) is 5.83. The molecule has 1 aromatic rings. The number of ether oxygens (including phenoxy) is 1. The number of nitrogens with zero attached hydrogens (tertiary/aromatic N) is 1. The van der Waals surface area contributed by atoms with Gasteiger partial charge in [-0.3, -0.25) is 14.9 Å². The summed E-state index contributed by atoms with van der Waals surface area (Å²) in [6, 6.07) is 7.03. The summed E-state index contributed by atoms with van der Waals surface area (Å²) in [4.78, 5) is 37.9. The van der Waals surface area contributed by atoms with Crippen LogP contribution in [0.25, 0.3) is 0 Å². The van der Waals surface area contributed by atoms with Gasteiger partial charge in [0.1, 0.15) is 0 Å². The van der Waals surface area contributed by atoms with Gasteiger partial charge in [-0.2, -0.15) is 0 Å². The molecule has 2 amide bonds. The fourth-order valence-corrected chi connectivity index (χ4v) is 2.65. The van der Waals surface area contributed by atoms with E-state index >= 15 is 0 Å². The summed E-state index contributed by atoms with van der Waals surface area (Å²) in [7, 11) is 1.55. The lowest BCUT2D eigenvalue weighted by Gasteiger charge is -2.24. The van der Waals surface area contributed by atoms with Gasteiger partial charge in [-0.1, -0.05) is 36.7 Å². The van der Waals surface area contributed by atoms with Crippen molar-refractivity contribution in [3.8, 4) is 0 Å². The maximum Gasteiger partial charge on any atom is 0.412 e. The molecular formula is C19H27BrN2O4. The van der Waals surface area contributed by atoms with Gasteiger partial charge in [0.25, 0.3) is 5.91 Å². The molecule has 0 saturated heterocycles. The smallest absolute Gasteiger partial charge is 0.412 e. The number of nitrogens with one attached hydrogen (secondary N) is 1. The summed E-state index contributed by atoms with van der Waals surface area (Å²) in [5, 5.41) is 2.61. The first kappa shape index (κ1) is 22.2. The highest BCUT2D eigenvalue weighted by molar-refractivity contribution is 9.10. The lowest BCUT2D eigenvalue weighted by molar-refractivity contribution is -0.142. The van der Waals surface area contributed by atoms with Gasteiger partial charge in [0.05, 0.1) is 6.54 Å². The fourth-order valence-electron chi connectivity index (χ4n) is 2.38. The zero-order valence-electron chi connectivity index (χ0n) is 15.8. The van der Waals surface area contributed by atoms with Gasteiger partial charge >= 0.3 is 6.09 Å². The van der Waals surface area contributed by atoms with Crippen LogP contribution in [-0.4, -0.2) is 42.4 Å². The number of hydrogen-bond acceptors (Lipinski definition) is 4. The molecule has 0 aromatic heterocycles. The second-order valence-corrected chi connectivity index (χ2v) is 7.55. The molecule has 1 atom stereocenters. The van der Waals surface area contributed by atoms with E-state index in [9.17, 15) is 14.4 Å². The molecule has 7 heteroatoms. The van der Waals surface area contributed by atoms with E-state index < -0.39 is 12.2 Å². The van der Waals surface area contributed by atoms with E-state index in [4.69, 9.17) is 4.74 Å². The van der Waals surface area contributed by atoms with Crippen molar-refractivity contribution in [1.29, 1.82) is 0 Å². The fraction of sp³-hybridized carbons (Fsp3) is 0.526. The van der Waals surface area contributed by atoms with Crippen molar-refractivity contribution in [2.24, 2.45) is 5.92 Å². The Hall–Kier alpha value is -1.89. The van der Waals surface area contributed by atoms with Crippen molar-refractivity contribution in [3.63, 3.8) is 0 Å². The standard InChI is InChI=1S/C19H27BrN2O4/c1-5-6-16(23)12-22(4)18(24)17(11-13(2)3)26-19(25)21-15-9-7-14(20)8-10-15/h7-10,13,17H,5-6,11-12H2,1-4H3,(H,21,25)/t17-/m0/s1. The number of carbonyl (C=O) groups is 3. The monoisotopic (exact) mass is 426 g/mol. The summed E-state index contributed by atoms with van der Waals surface area (Å²) in [5.74, 6) is -0.218. The highest BCUT2D eigenvalue weighted by Gasteiger charge is 2.27. The largest absolute Gasteiger partial charge is 0.436 e. The van der Waals surface area contributed by atoms with Crippen LogP contribution in [0.15, 0.2) is 28.7 Å². The molecule has 0 fully saturated rings. The van der Waals surface area contributed by atoms with Crippen LogP contribution in [0.1, 0.15) is 40.0 Å². The number of anilines is 1. The quantitative estimate of drug-likeness (QED) is 0.640. The van der Waals surface area contributed by atoms with Crippen molar-refractivity contribution in [1.82, 2.24) is 4.90 Å². The van der Waals surface area contributed by atoms with E-state index in [0.717, 1.165) is 10.9 Å². The average molecular weight is 427 g/mol. The molecule has 1 N–H and O–H groups in total. The SMILES string of the molecule is CCCC(=O)CN(C)C(=O)[C@H](CC(C)C)OC(=O)Nc1ccc(Br)cc1. The molecular weight excluding hydrogens is 400 g/mol. The zero-order valence-corrected chi connectivity index (χ0v) is 17.3. The van der Waals surface area contributed by atoms with Gasteiger partial charge < -0.3 is 9.64 Å². The second kappa shape index (κ2) is 11.0. The van der Waals surface area contributed by atoms with Gasteiger partial charge in [0.15, 0.2) is 11.9 Å². The third-order valence-corrected chi connectivity index (χ3v) is 4.15. The summed E-state index contributed by atoms with van der Waals surface area (Å²) < 4.78 is 6.25. The van der Waals surface area contributed by atoms with Crippen molar-refractivity contribution in [2.75, 3.05) is 18.9 Å². The maximum absolute atomic E-state index is 12.6. The van der Waals surface area contributed by atoms with E-state index in [1.807, 2.05) is 20.8 Å². The van der Waals surface area contributed by atoms with Crippen LogP contribution < -0.4 is 5.32 Å². The Morgan fingerprint density at radius 2 is 1.81 bits per heavy atom. The number of Topliss-reactive ketones (excluding diaryl/α,β-unsaturated/α-hetero) is 1. The Labute approximate surface area is 163 Å². The first-order chi connectivity index (χ1) is 12.2. The Morgan fingerprint density at radius 3 is 2.35 bits per heavy atom. The number of benzene rings is 1. The van der Waals surface area contributed by atoms with Crippen molar-refractivity contribution >= 4 is 39.4 Å². The van der Waals surface area contributed by atoms with Gasteiger partial charge in [0.2, 0.25) is 0 Å². The van der Waals surface area contributed by atoms with Crippen LogP contribution in [0.3, 0.4) is 0 Å². The molecule has 0 aliphatic carbocycles. The Balaban J connectivity index is 2.72. The first-order valence-corrected chi connectivity index (χ1v) is 9.52. The molecule has 0 spiro atoms. The predicted molar refractivity (Wildman–Crippen MR) is 105 cm³/mol. The molecule has 0 heterocycles. The van der Waals surface area contributed by atoms with E-state index in [1.54, 1.807) is 31.3 Å². The highest BCUT2D eigenvalue weighted by atomic mass is 79.9. The van der Waals surface area contributed by atoms with Crippen LogP contribution in [0, 0.1) is 5.92 Å². The number of carbonyl (C=O) groups excluding carboxylic acids is 3. The van der Waals surface area contributed by atoms with E-state index in [2.05, 4.69) is 21.2 Å². The predicted octanol–water partition coefficient (Wildman–Crippen LogP) is 4.24. The second-order valence-electron chi connectivity index (χ2n) is 6.64. The number of amides is 2. The average Bonchev–Trinajstić information content (AvgIpc) is 2.55. The van der Waals surface area contributed by atoms with Crippen molar-refractivity contribution in [3.05, 3.63) is 28.7 Å². The summed E-state index contributed by atoms with van der Waals surface area (Å²) >= 11 is 3.32. The topological polar surface area (TPSA) is 75.7 Å². The van der Waals surface area contributed by atoms with Gasteiger partial charge in [-0.15, -0.1) is 0 Å².